The number of rotatable bonds is 6. The van der Waals surface area contributed by atoms with Crippen LogP contribution in [0.1, 0.15) is 12.0 Å². The van der Waals surface area contributed by atoms with E-state index in [0.717, 1.165) is 5.56 Å². The number of carbonyl (C=O) groups excluding carboxylic acids is 1. The lowest BCUT2D eigenvalue weighted by molar-refractivity contribution is -0.122. The molecule has 0 amide bonds. The zero-order valence-corrected chi connectivity index (χ0v) is 10.1. The second kappa shape index (κ2) is 6.93. The second-order valence-electron chi connectivity index (χ2n) is 4.05. The summed E-state index contributed by atoms with van der Waals surface area (Å²) in [6.07, 6.45) is 3.03. The van der Waals surface area contributed by atoms with Gasteiger partial charge in [-0.05, 0) is 5.56 Å². The molecule has 0 radical (unpaired) electrons. The zero-order valence-electron chi connectivity index (χ0n) is 10.1. The summed E-state index contributed by atoms with van der Waals surface area (Å²) in [5.74, 6) is 0.0695. The Bertz CT molecular complexity index is 400. The third kappa shape index (κ3) is 4.31. The molecule has 1 aromatic rings. The third-order valence-corrected chi connectivity index (χ3v) is 2.54. The highest BCUT2D eigenvalue weighted by Gasteiger charge is 2.16. The topological polar surface area (TPSA) is 44.8 Å². The van der Waals surface area contributed by atoms with Crippen LogP contribution in [-0.4, -0.2) is 25.3 Å². The molecule has 1 atom stereocenters. The van der Waals surface area contributed by atoms with Gasteiger partial charge in [-0.15, -0.1) is 0 Å². The Morgan fingerprint density at radius 1 is 1.22 bits per heavy atom. The van der Waals surface area contributed by atoms with Gasteiger partial charge < -0.3 is 14.2 Å². The quantitative estimate of drug-likeness (QED) is 0.571. The highest BCUT2D eigenvalue weighted by atomic mass is 16.7. The molecule has 0 bridgehead atoms. The third-order valence-electron chi connectivity index (χ3n) is 2.54. The van der Waals surface area contributed by atoms with Gasteiger partial charge in [-0.2, -0.15) is 0 Å². The van der Waals surface area contributed by atoms with Crippen molar-refractivity contribution >= 4 is 5.78 Å². The summed E-state index contributed by atoms with van der Waals surface area (Å²) in [6, 6.07) is 9.88. The highest BCUT2D eigenvalue weighted by molar-refractivity contribution is 5.90. The SMILES string of the molecule is O=C1C=CO[C@H](COCOCc2ccccc2)C1. The molecule has 4 nitrogen and oxygen atoms in total. The van der Waals surface area contributed by atoms with E-state index in [9.17, 15) is 4.79 Å². The van der Waals surface area contributed by atoms with E-state index in [1.807, 2.05) is 30.3 Å². The summed E-state index contributed by atoms with van der Waals surface area (Å²) in [7, 11) is 0. The maximum atomic E-state index is 11.1. The largest absolute Gasteiger partial charge is 0.495 e. The van der Waals surface area contributed by atoms with Crippen LogP contribution in [0, 0.1) is 0 Å². The zero-order chi connectivity index (χ0) is 12.6. The van der Waals surface area contributed by atoms with Crippen molar-refractivity contribution in [2.24, 2.45) is 0 Å². The first kappa shape index (κ1) is 12.8. The van der Waals surface area contributed by atoms with Crippen LogP contribution in [0.5, 0.6) is 0 Å². The van der Waals surface area contributed by atoms with E-state index in [-0.39, 0.29) is 18.7 Å². The maximum Gasteiger partial charge on any atom is 0.162 e. The van der Waals surface area contributed by atoms with Gasteiger partial charge >= 0.3 is 0 Å². The molecule has 0 aliphatic carbocycles. The van der Waals surface area contributed by atoms with Gasteiger partial charge in [-0.25, -0.2) is 0 Å². The lowest BCUT2D eigenvalue weighted by Gasteiger charge is -2.18. The van der Waals surface area contributed by atoms with Crippen LogP contribution < -0.4 is 0 Å². The van der Waals surface area contributed by atoms with Gasteiger partial charge in [0, 0.05) is 12.5 Å². The monoisotopic (exact) mass is 248 g/mol. The molecular formula is C14H16O4. The fourth-order valence-electron chi connectivity index (χ4n) is 1.64. The van der Waals surface area contributed by atoms with E-state index >= 15 is 0 Å². The van der Waals surface area contributed by atoms with Crippen LogP contribution in [0.2, 0.25) is 0 Å². The van der Waals surface area contributed by atoms with Crippen molar-refractivity contribution < 1.29 is 19.0 Å². The van der Waals surface area contributed by atoms with E-state index in [4.69, 9.17) is 14.2 Å². The molecule has 1 aliphatic heterocycles. The van der Waals surface area contributed by atoms with Crippen LogP contribution >= 0.6 is 0 Å². The number of benzene rings is 1. The molecule has 0 unspecified atom stereocenters. The molecule has 0 aromatic heterocycles. The van der Waals surface area contributed by atoms with Crippen LogP contribution in [0.25, 0.3) is 0 Å². The van der Waals surface area contributed by atoms with Crippen molar-refractivity contribution in [2.45, 2.75) is 19.1 Å². The Morgan fingerprint density at radius 3 is 2.83 bits per heavy atom. The minimum atomic E-state index is -0.192. The molecule has 0 fully saturated rings. The first-order valence-electron chi connectivity index (χ1n) is 5.89. The first-order valence-corrected chi connectivity index (χ1v) is 5.89. The molecule has 0 N–H and O–H groups in total. The van der Waals surface area contributed by atoms with E-state index in [0.29, 0.717) is 19.6 Å². The molecule has 1 aromatic carbocycles. The summed E-state index contributed by atoms with van der Waals surface area (Å²) < 4.78 is 15.9. The first-order chi connectivity index (χ1) is 8.84. The normalized spacial score (nSPS) is 18.7. The maximum absolute atomic E-state index is 11.1. The van der Waals surface area contributed by atoms with E-state index in [2.05, 4.69) is 0 Å². The van der Waals surface area contributed by atoms with Crippen molar-refractivity contribution in [3.63, 3.8) is 0 Å². The van der Waals surface area contributed by atoms with Crippen LogP contribution in [0.15, 0.2) is 42.7 Å². The highest BCUT2D eigenvalue weighted by Crippen LogP contribution is 2.08. The standard InChI is InChI=1S/C14H16O4/c15-13-6-7-18-14(8-13)10-17-11-16-9-12-4-2-1-3-5-12/h1-7,14H,8-11H2/t14-/m0/s1. The van der Waals surface area contributed by atoms with E-state index in [1.165, 1.54) is 12.3 Å². The molecule has 0 saturated carbocycles. The van der Waals surface area contributed by atoms with Gasteiger partial charge in [0.05, 0.1) is 19.5 Å². The smallest absolute Gasteiger partial charge is 0.162 e. The Kier molecular flexibility index (Phi) is 4.93. The summed E-state index contributed by atoms with van der Waals surface area (Å²) >= 11 is 0. The molecule has 1 heterocycles. The average Bonchev–Trinajstić information content (AvgIpc) is 2.40. The van der Waals surface area contributed by atoms with Gasteiger partial charge in [0.2, 0.25) is 0 Å². The van der Waals surface area contributed by atoms with Gasteiger partial charge in [0.1, 0.15) is 12.9 Å². The second-order valence-corrected chi connectivity index (χ2v) is 4.05. The molecule has 96 valence electrons. The Balaban J connectivity index is 1.56. The average molecular weight is 248 g/mol. The number of hydrogen-bond acceptors (Lipinski definition) is 4. The molecule has 1 aliphatic rings. The van der Waals surface area contributed by atoms with Crippen LogP contribution in [0.4, 0.5) is 0 Å². The molecule has 2 rings (SSSR count). The number of allylic oxidation sites excluding steroid dienone is 1. The van der Waals surface area contributed by atoms with Gasteiger partial charge in [-0.3, -0.25) is 4.79 Å². The van der Waals surface area contributed by atoms with Crippen molar-refractivity contribution in [3.8, 4) is 0 Å². The summed E-state index contributed by atoms with van der Waals surface area (Å²) in [5.41, 5.74) is 1.10. The molecule has 18 heavy (non-hydrogen) atoms. The van der Waals surface area contributed by atoms with Crippen molar-refractivity contribution in [1.82, 2.24) is 0 Å². The number of ether oxygens (including phenoxy) is 3. The summed E-state index contributed by atoms with van der Waals surface area (Å²) in [4.78, 5) is 11.1. The molecule has 4 heteroatoms. The lowest BCUT2D eigenvalue weighted by Crippen LogP contribution is -2.24. The van der Waals surface area contributed by atoms with E-state index < -0.39 is 0 Å². The summed E-state index contributed by atoms with van der Waals surface area (Å²) in [6.45, 7) is 1.09. The Morgan fingerprint density at radius 2 is 2.06 bits per heavy atom. The van der Waals surface area contributed by atoms with Crippen LogP contribution in [0.3, 0.4) is 0 Å². The van der Waals surface area contributed by atoms with Crippen molar-refractivity contribution in [2.75, 3.05) is 13.4 Å². The Hall–Kier alpha value is -1.65. The molecule has 0 saturated heterocycles. The summed E-state index contributed by atoms with van der Waals surface area (Å²) in [5, 5.41) is 0. The minimum absolute atomic E-state index is 0.0695. The van der Waals surface area contributed by atoms with Crippen molar-refractivity contribution in [3.05, 3.63) is 48.2 Å². The Labute approximate surface area is 106 Å². The fraction of sp³-hybridized carbons (Fsp3) is 0.357. The van der Waals surface area contributed by atoms with Gasteiger partial charge in [0.25, 0.3) is 0 Å². The number of carbonyl (C=O) groups is 1. The lowest BCUT2D eigenvalue weighted by atomic mass is 10.1. The number of hydrogen-bond donors (Lipinski definition) is 0. The molecule has 0 spiro atoms. The predicted octanol–water partition coefficient (Wildman–Crippen LogP) is 2.05. The van der Waals surface area contributed by atoms with Gasteiger partial charge in [0.15, 0.2) is 5.78 Å². The fourth-order valence-corrected chi connectivity index (χ4v) is 1.64. The van der Waals surface area contributed by atoms with E-state index in [1.54, 1.807) is 0 Å². The van der Waals surface area contributed by atoms with Crippen molar-refractivity contribution in [1.29, 1.82) is 0 Å². The predicted molar refractivity (Wildman–Crippen MR) is 65.7 cm³/mol. The van der Waals surface area contributed by atoms with Gasteiger partial charge in [-0.1, -0.05) is 30.3 Å². The molecular weight excluding hydrogens is 232 g/mol. The van der Waals surface area contributed by atoms with Crippen LogP contribution in [-0.2, 0) is 25.6 Å². The minimum Gasteiger partial charge on any atom is -0.495 e. The number of ketones is 1.